The average Bonchev–Trinajstić information content (AvgIpc) is 3.37. The molecule has 0 saturated heterocycles. The third-order valence-corrected chi connectivity index (χ3v) is 6.10. The second-order valence-electron chi connectivity index (χ2n) is 7.11. The average molecular weight is 514 g/mol. The van der Waals surface area contributed by atoms with Gasteiger partial charge in [-0.2, -0.15) is 0 Å². The fraction of sp³-hybridized carbons (Fsp3) is 0.300. The molecule has 1 aliphatic heterocycles. The first-order chi connectivity index (χ1) is 15.6. The highest BCUT2D eigenvalue weighted by Gasteiger charge is 2.24. The number of aliphatic imine (C=N–C) groups is 1. The van der Waals surface area contributed by atoms with Gasteiger partial charge in [0.15, 0.2) is 5.96 Å². The molecule has 1 aromatic heterocycles. The van der Waals surface area contributed by atoms with Gasteiger partial charge in [0.1, 0.15) is 10.6 Å². The molecule has 0 aliphatic carbocycles. The fourth-order valence-electron chi connectivity index (χ4n) is 3.14. The van der Waals surface area contributed by atoms with Crippen LogP contribution in [-0.2, 0) is 9.59 Å². The van der Waals surface area contributed by atoms with Crippen molar-refractivity contribution in [1.29, 1.82) is 0 Å². The zero-order valence-electron chi connectivity index (χ0n) is 17.4. The molecule has 1 aliphatic rings. The minimum absolute atomic E-state index is 0.0554. The third-order valence-electron chi connectivity index (χ3n) is 4.55. The number of phenols is 1. The van der Waals surface area contributed by atoms with E-state index in [-0.39, 0.29) is 21.4 Å². The molecule has 13 heteroatoms. The van der Waals surface area contributed by atoms with Crippen LogP contribution in [0.3, 0.4) is 0 Å². The number of carbonyl (C=O) groups excluding carboxylic acids is 2. The first kappa shape index (κ1) is 24.6. The van der Waals surface area contributed by atoms with Crippen LogP contribution in [0.4, 0.5) is 5.69 Å². The zero-order valence-corrected chi connectivity index (χ0v) is 19.7. The second kappa shape index (κ2) is 10.7. The molecule has 33 heavy (non-hydrogen) atoms. The van der Waals surface area contributed by atoms with E-state index in [0.717, 1.165) is 4.88 Å². The van der Waals surface area contributed by atoms with Gasteiger partial charge in [0.25, 0.3) is 5.91 Å². The standard InChI is InChI=1S/C20H21Cl2N5O5S/c1-9-4-14(27-20-23-2-3-24-20)18(33-9)19(32)25-8-15(28)26-13(7-16(29)30)11-5-10(21)6-12(22)17(11)31/h4-6,13,31H,2-3,7-8H2,1H3,(H,25,32)(H,26,28)(H,29,30)(H2,23,24,27). The number of nitrogens with zero attached hydrogens (tertiary/aromatic N) is 1. The van der Waals surface area contributed by atoms with Gasteiger partial charge in [-0.15, -0.1) is 11.3 Å². The number of rotatable bonds is 8. The number of anilines is 1. The summed E-state index contributed by atoms with van der Waals surface area (Å²) in [6, 6.07) is 3.30. The minimum Gasteiger partial charge on any atom is -0.506 e. The molecular weight excluding hydrogens is 493 g/mol. The van der Waals surface area contributed by atoms with Crippen LogP contribution in [0.2, 0.25) is 10.0 Å². The van der Waals surface area contributed by atoms with Gasteiger partial charge in [0.2, 0.25) is 5.91 Å². The molecule has 2 aromatic rings. The van der Waals surface area contributed by atoms with Crippen LogP contribution in [0, 0.1) is 6.92 Å². The Morgan fingerprint density at radius 1 is 1.27 bits per heavy atom. The Balaban J connectivity index is 1.67. The lowest BCUT2D eigenvalue weighted by Crippen LogP contribution is -2.39. The number of carboxylic acid groups (broad SMARTS) is 1. The Labute approximate surface area is 203 Å². The number of nitrogens with one attached hydrogen (secondary N) is 4. The largest absolute Gasteiger partial charge is 0.506 e. The minimum atomic E-state index is -1.21. The van der Waals surface area contributed by atoms with E-state index in [4.69, 9.17) is 23.2 Å². The number of halogens is 2. The molecule has 2 amide bonds. The van der Waals surface area contributed by atoms with E-state index in [1.165, 1.54) is 23.5 Å². The van der Waals surface area contributed by atoms with Crippen LogP contribution in [-0.4, -0.2) is 53.6 Å². The maximum atomic E-state index is 12.7. The Morgan fingerprint density at radius 3 is 2.70 bits per heavy atom. The summed E-state index contributed by atoms with van der Waals surface area (Å²) in [5.74, 6) is -2.17. The first-order valence-electron chi connectivity index (χ1n) is 9.77. The number of carboxylic acids is 1. The van der Waals surface area contributed by atoms with Gasteiger partial charge in [-0.3, -0.25) is 19.4 Å². The molecule has 1 aromatic carbocycles. The van der Waals surface area contributed by atoms with Crippen LogP contribution < -0.4 is 21.3 Å². The van der Waals surface area contributed by atoms with Crippen molar-refractivity contribution in [3.8, 4) is 5.75 Å². The first-order valence-corrected chi connectivity index (χ1v) is 11.3. The predicted molar refractivity (Wildman–Crippen MR) is 127 cm³/mol. The van der Waals surface area contributed by atoms with Crippen LogP contribution >= 0.6 is 34.5 Å². The predicted octanol–water partition coefficient (Wildman–Crippen LogP) is 2.50. The Hall–Kier alpha value is -3.02. The summed E-state index contributed by atoms with van der Waals surface area (Å²) in [6.45, 7) is 2.78. The molecule has 3 rings (SSSR count). The number of aryl methyl sites for hydroxylation is 1. The van der Waals surface area contributed by atoms with Crippen molar-refractivity contribution < 1.29 is 24.6 Å². The maximum Gasteiger partial charge on any atom is 0.305 e. The molecule has 0 spiro atoms. The van der Waals surface area contributed by atoms with Crippen molar-refractivity contribution >= 4 is 64.0 Å². The zero-order chi connectivity index (χ0) is 24.1. The fourth-order valence-corrected chi connectivity index (χ4v) is 4.53. The van der Waals surface area contributed by atoms with E-state index >= 15 is 0 Å². The van der Waals surface area contributed by atoms with Gasteiger partial charge in [-0.25, -0.2) is 0 Å². The molecule has 0 bridgehead atoms. The molecule has 0 saturated carbocycles. The Bertz CT molecular complexity index is 1120. The van der Waals surface area contributed by atoms with Gasteiger partial charge in [-0.05, 0) is 25.1 Å². The Morgan fingerprint density at radius 2 is 2.03 bits per heavy atom. The molecular formula is C20H21Cl2N5O5S. The Kier molecular flexibility index (Phi) is 8.01. The van der Waals surface area contributed by atoms with Crippen molar-refractivity contribution in [1.82, 2.24) is 16.0 Å². The lowest BCUT2D eigenvalue weighted by atomic mass is 10.0. The van der Waals surface area contributed by atoms with Crippen molar-refractivity contribution in [3.05, 3.63) is 43.6 Å². The number of aromatic hydroxyl groups is 1. The number of thiophene rings is 1. The molecule has 1 unspecified atom stereocenters. The molecule has 6 N–H and O–H groups in total. The quantitative estimate of drug-likeness (QED) is 0.317. The monoisotopic (exact) mass is 513 g/mol. The summed E-state index contributed by atoms with van der Waals surface area (Å²) >= 11 is 13.1. The van der Waals surface area contributed by atoms with E-state index in [0.29, 0.717) is 29.6 Å². The highest BCUT2D eigenvalue weighted by molar-refractivity contribution is 7.14. The smallest absolute Gasteiger partial charge is 0.305 e. The topological polar surface area (TPSA) is 152 Å². The van der Waals surface area contributed by atoms with E-state index in [2.05, 4.69) is 26.3 Å². The van der Waals surface area contributed by atoms with Crippen molar-refractivity contribution in [2.24, 2.45) is 4.99 Å². The summed E-state index contributed by atoms with van der Waals surface area (Å²) in [6.07, 6.45) is -0.531. The molecule has 1 atom stereocenters. The highest BCUT2D eigenvalue weighted by atomic mass is 35.5. The number of phenolic OH excluding ortho intramolecular Hbond substituents is 1. The number of hydrogen-bond acceptors (Lipinski definition) is 8. The third kappa shape index (κ3) is 6.50. The van der Waals surface area contributed by atoms with Gasteiger partial charge in [-0.1, -0.05) is 23.2 Å². The maximum absolute atomic E-state index is 12.7. The normalized spacial score (nSPS) is 13.6. The second-order valence-corrected chi connectivity index (χ2v) is 9.21. The van der Waals surface area contributed by atoms with Crippen LogP contribution in [0.25, 0.3) is 0 Å². The highest BCUT2D eigenvalue weighted by Crippen LogP contribution is 2.36. The van der Waals surface area contributed by atoms with Gasteiger partial charge in [0, 0.05) is 22.0 Å². The van der Waals surface area contributed by atoms with Gasteiger partial charge in [0.05, 0.1) is 36.3 Å². The van der Waals surface area contributed by atoms with Crippen molar-refractivity contribution in [2.75, 3.05) is 25.0 Å². The number of carbonyl (C=O) groups is 3. The number of aliphatic carboxylic acids is 1. The number of guanidine groups is 1. The van der Waals surface area contributed by atoms with E-state index in [1.54, 1.807) is 6.07 Å². The van der Waals surface area contributed by atoms with Crippen molar-refractivity contribution in [2.45, 2.75) is 19.4 Å². The van der Waals surface area contributed by atoms with Crippen LogP contribution in [0.5, 0.6) is 5.75 Å². The molecule has 10 nitrogen and oxygen atoms in total. The van der Waals surface area contributed by atoms with E-state index in [1.807, 2.05) is 6.92 Å². The van der Waals surface area contributed by atoms with Crippen molar-refractivity contribution in [3.63, 3.8) is 0 Å². The van der Waals surface area contributed by atoms with Crippen LogP contribution in [0.1, 0.15) is 32.6 Å². The van der Waals surface area contributed by atoms with E-state index in [9.17, 15) is 24.6 Å². The van der Waals surface area contributed by atoms with Gasteiger partial charge < -0.3 is 31.5 Å². The number of hydrogen-bond donors (Lipinski definition) is 6. The van der Waals surface area contributed by atoms with Crippen LogP contribution in [0.15, 0.2) is 23.2 Å². The lowest BCUT2D eigenvalue weighted by molar-refractivity contribution is -0.137. The number of benzene rings is 1. The van der Waals surface area contributed by atoms with E-state index < -0.39 is 36.8 Å². The SMILES string of the molecule is Cc1cc(NC2=NCCN2)c(C(=O)NCC(=O)NC(CC(=O)O)c2cc(Cl)cc(Cl)c2O)s1. The van der Waals surface area contributed by atoms with Gasteiger partial charge >= 0.3 is 5.97 Å². The number of amides is 2. The lowest BCUT2D eigenvalue weighted by Gasteiger charge is -2.19. The summed E-state index contributed by atoms with van der Waals surface area (Å²) in [5.41, 5.74) is 0.616. The molecule has 0 fully saturated rings. The summed E-state index contributed by atoms with van der Waals surface area (Å²) in [4.78, 5) is 42.0. The molecule has 176 valence electrons. The summed E-state index contributed by atoms with van der Waals surface area (Å²) in [7, 11) is 0. The molecule has 2 heterocycles. The molecule has 0 radical (unpaired) electrons. The summed E-state index contributed by atoms with van der Waals surface area (Å²) in [5, 5.41) is 30.6. The summed E-state index contributed by atoms with van der Waals surface area (Å²) < 4.78 is 0.